The first kappa shape index (κ1) is 30.1. The van der Waals surface area contributed by atoms with Gasteiger partial charge in [0.05, 0.1) is 29.0 Å². The number of nitrogens with zero attached hydrogens (tertiary/aromatic N) is 2. The smallest absolute Gasteiger partial charge is 0.271 e. The number of halogens is 2. The van der Waals surface area contributed by atoms with Gasteiger partial charge in [0.1, 0.15) is 23.9 Å². The van der Waals surface area contributed by atoms with Crippen molar-refractivity contribution in [2.75, 3.05) is 12.4 Å². The number of para-hydroxylation sites is 1. The van der Waals surface area contributed by atoms with E-state index < -0.39 is 6.04 Å². The van der Waals surface area contributed by atoms with Crippen LogP contribution < -0.4 is 29.7 Å². The number of amides is 1. The Kier molecular flexibility index (Phi) is 8.64. The Labute approximate surface area is 267 Å². The van der Waals surface area contributed by atoms with Gasteiger partial charge >= 0.3 is 0 Å². The van der Waals surface area contributed by atoms with Crippen molar-refractivity contribution >= 4 is 40.6 Å². The molecule has 5 aromatic rings. The molecule has 4 aromatic carbocycles. The largest absolute Gasteiger partial charge is 0.497 e. The second-order valence-electron chi connectivity index (χ2n) is 10.3. The zero-order valence-electron chi connectivity index (χ0n) is 24.3. The molecule has 0 bridgehead atoms. The number of nitrogens with one attached hydrogen (secondary N) is 1. The van der Waals surface area contributed by atoms with Crippen LogP contribution in [0.1, 0.15) is 29.7 Å². The molecule has 0 aliphatic carbocycles. The van der Waals surface area contributed by atoms with Gasteiger partial charge in [0.25, 0.3) is 11.5 Å². The number of hydrogen-bond donors (Lipinski definition) is 1. The molecule has 0 spiro atoms. The molecule has 1 aliphatic rings. The lowest BCUT2D eigenvalue weighted by Crippen LogP contribution is -2.40. The normalized spacial score (nSPS) is 14.5. The average molecular weight is 640 g/mol. The third kappa shape index (κ3) is 6.45. The number of aromatic nitrogens is 1. The number of anilines is 1. The maximum atomic E-state index is 14.2. The van der Waals surface area contributed by atoms with Crippen molar-refractivity contribution in [2.24, 2.45) is 4.99 Å². The van der Waals surface area contributed by atoms with Crippen molar-refractivity contribution in [2.45, 2.75) is 19.6 Å². The van der Waals surface area contributed by atoms with Crippen LogP contribution in [0.3, 0.4) is 0 Å². The van der Waals surface area contributed by atoms with Crippen LogP contribution >= 0.6 is 22.9 Å². The highest BCUT2D eigenvalue weighted by molar-refractivity contribution is 7.07. The van der Waals surface area contributed by atoms with E-state index >= 15 is 0 Å². The maximum Gasteiger partial charge on any atom is 0.271 e. The quantitative estimate of drug-likeness (QED) is 0.218. The minimum Gasteiger partial charge on any atom is -0.497 e. The second-order valence-corrected chi connectivity index (χ2v) is 11.7. The van der Waals surface area contributed by atoms with Gasteiger partial charge in [-0.3, -0.25) is 14.2 Å². The Bertz CT molecular complexity index is 2090. The fraction of sp³-hybridized carbons (Fsp3) is 0.114. The molecule has 0 saturated carbocycles. The molecule has 7 nitrogen and oxygen atoms in total. The molecule has 0 unspecified atom stereocenters. The molecule has 0 radical (unpaired) electrons. The summed E-state index contributed by atoms with van der Waals surface area (Å²) >= 11 is 7.56. The van der Waals surface area contributed by atoms with Crippen molar-refractivity contribution in [1.29, 1.82) is 0 Å². The van der Waals surface area contributed by atoms with Crippen LogP contribution in [-0.4, -0.2) is 17.6 Å². The molecule has 6 rings (SSSR count). The zero-order valence-corrected chi connectivity index (χ0v) is 25.9. The predicted molar refractivity (Wildman–Crippen MR) is 174 cm³/mol. The van der Waals surface area contributed by atoms with E-state index in [1.165, 1.54) is 23.5 Å². The number of carbonyl (C=O) groups is 1. The second kappa shape index (κ2) is 12.9. The molecule has 10 heteroatoms. The SMILES string of the molecule is COc1ccc([C@@H]2C(C(=O)Nc3ccccc3)=C(C)N=c3s/c(=C/c4cc(Cl)ccc4OCc4ccc(F)cc4)c(=O)n32)cc1. The molecular formula is C35H27ClFN3O4S. The Hall–Kier alpha value is -4.99. The van der Waals surface area contributed by atoms with E-state index in [9.17, 15) is 14.0 Å². The van der Waals surface area contributed by atoms with Gasteiger partial charge < -0.3 is 14.8 Å². The van der Waals surface area contributed by atoms with Crippen LogP contribution in [0.4, 0.5) is 10.1 Å². The number of benzene rings is 4. The molecule has 1 N–H and O–H groups in total. The van der Waals surface area contributed by atoms with Gasteiger partial charge in [-0.15, -0.1) is 0 Å². The lowest BCUT2D eigenvalue weighted by atomic mass is 9.95. The standard InChI is InChI=1S/C35H27ClFN3O4S/c1-21-31(33(41)39-27-6-4-3-5-7-27)32(23-10-15-28(43-2)16-11-23)40-34(42)30(45-35(40)38-21)19-24-18-25(36)12-17-29(24)44-20-22-8-13-26(37)14-9-22/h3-19,32H,20H2,1-2H3,(H,39,41)/b30-19+/t32-/m1/s1. The summed E-state index contributed by atoms with van der Waals surface area (Å²) < 4.78 is 26.7. The van der Waals surface area contributed by atoms with Crippen LogP contribution in [0.5, 0.6) is 11.5 Å². The highest BCUT2D eigenvalue weighted by atomic mass is 35.5. The van der Waals surface area contributed by atoms with E-state index in [-0.39, 0.29) is 23.9 Å². The third-order valence-electron chi connectivity index (χ3n) is 7.30. The molecule has 2 heterocycles. The first-order valence-electron chi connectivity index (χ1n) is 14.0. The third-order valence-corrected chi connectivity index (χ3v) is 8.51. The Morgan fingerprint density at radius 2 is 1.78 bits per heavy atom. The number of thiazole rings is 1. The summed E-state index contributed by atoms with van der Waals surface area (Å²) in [5.41, 5.74) is 3.27. The molecule has 1 aromatic heterocycles. The van der Waals surface area contributed by atoms with Crippen molar-refractivity contribution in [3.05, 3.63) is 156 Å². The number of ether oxygens (including phenoxy) is 2. The van der Waals surface area contributed by atoms with Crippen molar-refractivity contribution in [3.8, 4) is 11.5 Å². The summed E-state index contributed by atoms with van der Waals surface area (Å²) in [7, 11) is 1.58. The number of fused-ring (bicyclic) bond motifs is 1. The van der Waals surface area contributed by atoms with Crippen LogP contribution in [0.2, 0.25) is 5.02 Å². The lowest BCUT2D eigenvalue weighted by molar-refractivity contribution is -0.113. The minimum absolute atomic E-state index is 0.195. The van der Waals surface area contributed by atoms with Crippen LogP contribution in [0, 0.1) is 5.82 Å². The number of methoxy groups -OCH3 is 1. The Morgan fingerprint density at radius 3 is 2.49 bits per heavy atom. The molecular weight excluding hydrogens is 613 g/mol. The zero-order chi connectivity index (χ0) is 31.5. The van der Waals surface area contributed by atoms with Crippen molar-refractivity contribution < 1.29 is 18.7 Å². The fourth-order valence-corrected chi connectivity index (χ4v) is 6.30. The summed E-state index contributed by atoms with van der Waals surface area (Å²) in [6.45, 7) is 1.96. The molecule has 1 amide bonds. The first-order chi connectivity index (χ1) is 21.8. The van der Waals surface area contributed by atoms with E-state index in [1.807, 2.05) is 30.3 Å². The number of carbonyl (C=O) groups excluding carboxylic acids is 1. The van der Waals surface area contributed by atoms with E-state index in [2.05, 4.69) is 5.32 Å². The molecule has 1 atom stereocenters. The summed E-state index contributed by atoms with van der Waals surface area (Å²) in [6, 6.07) is 26.8. The van der Waals surface area contributed by atoms with Gasteiger partial charge in [0.15, 0.2) is 4.80 Å². The average Bonchev–Trinajstić information content (AvgIpc) is 3.35. The predicted octanol–water partition coefficient (Wildman–Crippen LogP) is 6.25. The summed E-state index contributed by atoms with van der Waals surface area (Å²) in [6.07, 6.45) is 1.71. The monoisotopic (exact) mass is 639 g/mol. The van der Waals surface area contributed by atoms with Gasteiger partial charge in [-0.05, 0) is 78.7 Å². The Morgan fingerprint density at radius 1 is 1.04 bits per heavy atom. The van der Waals surface area contributed by atoms with Crippen LogP contribution in [0.15, 0.2) is 118 Å². The van der Waals surface area contributed by atoms with E-state index in [4.69, 9.17) is 26.1 Å². The summed E-state index contributed by atoms with van der Waals surface area (Å²) in [5, 5.41) is 3.42. The number of rotatable bonds is 8. The highest BCUT2D eigenvalue weighted by Gasteiger charge is 2.32. The molecule has 0 fully saturated rings. The van der Waals surface area contributed by atoms with E-state index in [1.54, 1.807) is 79.3 Å². The first-order valence-corrected chi connectivity index (χ1v) is 15.2. The van der Waals surface area contributed by atoms with Gasteiger partial charge in [-0.1, -0.05) is 65.4 Å². The van der Waals surface area contributed by atoms with Crippen molar-refractivity contribution in [1.82, 2.24) is 4.57 Å². The van der Waals surface area contributed by atoms with Crippen molar-refractivity contribution in [3.63, 3.8) is 0 Å². The Balaban J connectivity index is 1.44. The van der Waals surface area contributed by atoms with Gasteiger partial charge in [-0.25, -0.2) is 9.38 Å². The van der Waals surface area contributed by atoms with Gasteiger partial charge in [0.2, 0.25) is 0 Å². The van der Waals surface area contributed by atoms with Crippen LogP contribution in [-0.2, 0) is 11.4 Å². The molecule has 1 aliphatic heterocycles. The van der Waals surface area contributed by atoms with Gasteiger partial charge in [0, 0.05) is 16.3 Å². The lowest BCUT2D eigenvalue weighted by Gasteiger charge is -2.25. The fourth-order valence-electron chi connectivity index (χ4n) is 5.08. The molecule has 226 valence electrons. The topological polar surface area (TPSA) is 81.9 Å². The molecule has 45 heavy (non-hydrogen) atoms. The minimum atomic E-state index is -0.744. The molecule has 0 saturated heterocycles. The van der Waals surface area contributed by atoms with E-state index in [0.717, 1.165) is 11.1 Å². The number of allylic oxidation sites excluding steroid dienone is 1. The summed E-state index contributed by atoms with van der Waals surface area (Å²) in [4.78, 5) is 33.1. The number of hydrogen-bond acceptors (Lipinski definition) is 6. The highest BCUT2D eigenvalue weighted by Crippen LogP contribution is 2.32. The van der Waals surface area contributed by atoms with Crippen LogP contribution in [0.25, 0.3) is 6.08 Å². The summed E-state index contributed by atoms with van der Waals surface area (Å²) in [5.74, 6) is 0.464. The van der Waals surface area contributed by atoms with E-state index in [0.29, 0.717) is 48.4 Å². The van der Waals surface area contributed by atoms with Gasteiger partial charge in [-0.2, -0.15) is 0 Å². The maximum absolute atomic E-state index is 14.2.